The van der Waals surface area contributed by atoms with Gasteiger partial charge in [0.25, 0.3) is 5.91 Å². The first-order valence-electron chi connectivity index (χ1n) is 9.46. The Balaban J connectivity index is 1.58. The van der Waals surface area contributed by atoms with Crippen LogP contribution in [0.15, 0.2) is 83.5 Å². The van der Waals surface area contributed by atoms with Crippen LogP contribution in [0.1, 0.15) is 17.8 Å². The van der Waals surface area contributed by atoms with Crippen molar-refractivity contribution in [2.75, 3.05) is 10.6 Å². The minimum absolute atomic E-state index is 0.223. The number of benzene rings is 1. The Morgan fingerprint density at radius 3 is 2.67 bits per heavy atom. The average molecular weight is 414 g/mol. The van der Waals surface area contributed by atoms with Gasteiger partial charge in [0.15, 0.2) is 5.82 Å². The lowest BCUT2D eigenvalue weighted by Crippen LogP contribution is -2.31. The van der Waals surface area contributed by atoms with E-state index in [2.05, 4.69) is 20.6 Å². The van der Waals surface area contributed by atoms with E-state index in [0.29, 0.717) is 23.2 Å². The minimum Gasteiger partial charge on any atom is -0.328 e. The highest BCUT2D eigenvalue weighted by Gasteiger charge is 2.35. The Kier molecular flexibility index (Phi) is 4.61. The number of thiophene rings is 1. The van der Waals surface area contributed by atoms with E-state index < -0.39 is 0 Å². The SMILES string of the molecule is CC1=C(C(=O)Nc2ccccn2)C(c2cccs2)n2nc(-c3ccccc3)nc2N1. The number of nitrogens with one attached hydrogen (secondary N) is 2. The largest absolute Gasteiger partial charge is 0.328 e. The quantitative estimate of drug-likeness (QED) is 0.519. The molecule has 0 saturated heterocycles. The lowest BCUT2D eigenvalue weighted by atomic mass is 10.0. The molecule has 3 aromatic heterocycles. The van der Waals surface area contributed by atoms with Gasteiger partial charge in [-0.1, -0.05) is 42.5 Å². The fourth-order valence-electron chi connectivity index (χ4n) is 3.48. The number of aromatic nitrogens is 4. The number of hydrogen-bond acceptors (Lipinski definition) is 6. The highest BCUT2D eigenvalue weighted by Crippen LogP contribution is 2.38. The third kappa shape index (κ3) is 3.27. The molecule has 4 heterocycles. The van der Waals surface area contributed by atoms with Crippen LogP contribution in [0.25, 0.3) is 11.4 Å². The molecule has 148 valence electrons. The molecule has 0 bridgehead atoms. The van der Waals surface area contributed by atoms with Gasteiger partial charge in [0.05, 0.1) is 5.57 Å². The zero-order chi connectivity index (χ0) is 20.5. The zero-order valence-electron chi connectivity index (χ0n) is 16.1. The lowest BCUT2D eigenvalue weighted by molar-refractivity contribution is -0.113. The molecule has 1 atom stereocenters. The number of allylic oxidation sites excluding steroid dienone is 1. The summed E-state index contributed by atoms with van der Waals surface area (Å²) in [4.78, 5) is 23.2. The molecule has 1 unspecified atom stereocenters. The maximum Gasteiger partial charge on any atom is 0.257 e. The van der Waals surface area contributed by atoms with Gasteiger partial charge in [-0.25, -0.2) is 9.67 Å². The molecule has 2 N–H and O–H groups in total. The first-order valence-corrected chi connectivity index (χ1v) is 10.3. The summed E-state index contributed by atoms with van der Waals surface area (Å²) >= 11 is 1.58. The van der Waals surface area contributed by atoms with Crippen LogP contribution in [0.5, 0.6) is 0 Å². The van der Waals surface area contributed by atoms with E-state index in [0.717, 1.165) is 16.1 Å². The summed E-state index contributed by atoms with van der Waals surface area (Å²) in [5.74, 6) is 1.50. The van der Waals surface area contributed by atoms with E-state index in [1.165, 1.54) is 0 Å². The van der Waals surface area contributed by atoms with Gasteiger partial charge < -0.3 is 10.6 Å². The summed E-state index contributed by atoms with van der Waals surface area (Å²) in [7, 11) is 0. The fourth-order valence-corrected chi connectivity index (χ4v) is 4.30. The number of carbonyl (C=O) groups excluding carboxylic acids is 1. The normalized spacial score (nSPS) is 15.4. The Morgan fingerprint density at radius 2 is 1.93 bits per heavy atom. The number of rotatable bonds is 4. The summed E-state index contributed by atoms with van der Waals surface area (Å²) < 4.78 is 1.79. The first-order chi connectivity index (χ1) is 14.7. The molecule has 0 radical (unpaired) electrons. The van der Waals surface area contributed by atoms with Gasteiger partial charge >= 0.3 is 0 Å². The summed E-state index contributed by atoms with van der Waals surface area (Å²) in [6.07, 6.45) is 1.65. The van der Waals surface area contributed by atoms with Gasteiger partial charge in [-0.15, -0.1) is 16.4 Å². The first kappa shape index (κ1) is 18.3. The highest BCUT2D eigenvalue weighted by atomic mass is 32.1. The molecule has 1 aromatic carbocycles. The predicted octanol–water partition coefficient (Wildman–Crippen LogP) is 4.33. The van der Waals surface area contributed by atoms with Crippen LogP contribution in [0.2, 0.25) is 0 Å². The second kappa shape index (κ2) is 7.57. The number of amides is 1. The second-order valence-electron chi connectivity index (χ2n) is 6.82. The molecule has 1 amide bonds. The summed E-state index contributed by atoms with van der Waals surface area (Å²) in [6.45, 7) is 1.88. The molecule has 0 spiro atoms. The van der Waals surface area contributed by atoms with Gasteiger partial charge in [-0.05, 0) is 30.5 Å². The summed E-state index contributed by atoms with van der Waals surface area (Å²) in [5.41, 5.74) is 2.24. The van der Waals surface area contributed by atoms with Crippen molar-refractivity contribution in [3.63, 3.8) is 0 Å². The van der Waals surface area contributed by atoms with E-state index in [1.54, 1.807) is 28.3 Å². The molecule has 8 heteroatoms. The minimum atomic E-state index is -0.380. The Labute approximate surface area is 177 Å². The molecule has 1 aliphatic rings. The number of hydrogen-bond donors (Lipinski definition) is 2. The number of nitrogens with zero attached hydrogens (tertiary/aromatic N) is 4. The van der Waals surface area contributed by atoms with E-state index in [9.17, 15) is 4.79 Å². The van der Waals surface area contributed by atoms with Crippen LogP contribution in [0.3, 0.4) is 0 Å². The lowest BCUT2D eigenvalue weighted by Gasteiger charge is -2.27. The molecule has 0 saturated carbocycles. The summed E-state index contributed by atoms with van der Waals surface area (Å²) in [6, 6.07) is 18.8. The van der Waals surface area contributed by atoms with Gasteiger partial charge in [0.2, 0.25) is 5.95 Å². The third-order valence-corrected chi connectivity index (χ3v) is 5.77. The molecular weight excluding hydrogens is 396 g/mol. The zero-order valence-corrected chi connectivity index (χ0v) is 16.9. The standard InChI is InChI=1S/C22H18N6OS/c1-14-18(21(29)25-17-11-5-6-12-23-17)19(16-10-7-13-30-16)28-22(24-14)26-20(27-28)15-8-3-2-4-9-15/h2-13,19H,1H3,(H,23,25,29)(H,24,26,27). The molecule has 30 heavy (non-hydrogen) atoms. The van der Waals surface area contributed by atoms with Gasteiger partial charge in [-0.2, -0.15) is 4.98 Å². The Bertz CT molecular complexity index is 1220. The predicted molar refractivity (Wildman–Crippen MR) is 117 cm³/mol. The molecular formula is C22H18N6OS. The number of pyridine rings is 1. The van der Waals surface area contributed by atoms with Crippen molar-refractivity contribution in [2.45, 2.75) is 13.0 Å². The van der Waals surface area contributed by atoms with Crippen molar-refractivity contribution in [1.82, 2.24) is 19.7 Å². The van der Waals surface area contributed by atoms with E-state index >= 15 is 0 Å². The topological polar surface area (TPSA) is 84.7 Å². The van der Waals surface area contributed by atoms with Crippen molar-refractivity contribution in [3.05, 3.63) is 88.4 Å². The van der Waals surface area contributed by atoms with E-state index in [4.69, 9.17) is 5.10 Å². The highest BCUT2D eigenvalue weighted by molar-refractivity contribution is 7.10. The van der Waals surface area contributed by atoms with Crippen LogP contribution in [-0.2, 0) is 4.79 Å². The molecule has 5 rings (SSSR count). The van der Waals surface area contributed by atoms with E-state index in [1.807, 2.05) is 66.9 Å². The van der Waals surface area contributed by atoms with Crippen molar-refractivity contribution in [1.29, 1.82) is 0 Å². The van der Waals surface area contributed by atoms with Crippen LogP contribution < -0.4 is 10.6 Å². The smallest absolute Gasteiger partial charge is 0.257 e. The van der Waals surface area contributed by atoms with Crippen LogP contribution in [-0.4, -0.2) is 25.7 Å². The number of carbonyl (C=O) groups is 1. The van der Waals surface area contributed by atoms with E-state index in [-0.39, 0.29) is 11.9 Å². The average Bonchev–Trinajstić information content (AvgIpc) is 3.44. The third-order valence-electron chi connectivity index (χ3n) is 4.85. The number of fused-ring (bicyclic) bond motifs is 1. The van der Waals surface area contributed by atoms with Gasteiger partial charge in [0.1, 0.15) is 11.9 Å². The Morgan fingerprint density at radius 1 is 1.10 bits per heavy atom. The number of anilines is 2. The van der Waals surface area contributed by atoms with Crippen molar-refractivity contribution in [2.24, 2.45) is 0 Å². The van der Waals surface area contributed by atoms with Crippen molar-refractivity contribution >= 4 is 29.0 Å². The molecule has 4 aromatic rings. The van der Waals surface area contributed by atoms with Gasteiger partial charge in [-0.3, -0.25) is 4.79 Å². The van der Waals surface area contributed by atoms with Crippen molar-refractivity contribution in [3.8, 4) is 11.4 Å². The molecule has 0 aliphatic carbocycles. The maximum atomic E-state index is 13.3. The summed E-state index contributed by atoms with van der Waals surface area (Å²) in [5, 5.41) is 12.9. The molecule has 7 nitrogen and oxygen atoms in total. The molecule has 0 fully saturated rings. The second-order valence-corrected chi connectivity index (χ2v) is 7.80. The van der Waals surface area contributed by atoms with Crippen molar-refractivity contribution < 1.29 is 4.79 Å². The van der Waals surface area contributed by atoms with Crippen LogP contribution >= 0.6 is 11.3 Å². The maximum absolute atomic E-state index is 13.3. The molecule has 1 aliphatic heterocycles. The monoisotopic (exact) mass is 414 g/mol. The Hall–Kier alpha value is -3.78. The van der Waals surface area contributed by atoms with Crippen LogP contribution in [0.4, 0.5) is 11.8 Å². The van der Waals surface area contributed by atoms with Gasteiger partial charge in [0, 0.05) is 22.3 Å². The fraction of sp³-hybridized carbons (Fsp3) is 0.0909. The van der Waals surface area contributed by atoms with Crippen LogP contribution in [0, 0.1) is 0 Å².